The van der Waals surface area contributed by atoms with Crippen LogP contribution in [0.5, 0.6) is 0 Å². The lowest BCUT2D eigenvalue weighted by atomic mass is 9.93. The van der Waals surface area contributed by atoms with Crippen LogP contribution < -0.4 is 11.1 Å². The summed E-state index contributed by atoms with van der Waals surface area (Å²) in [7, 11) is 0. The van der Waals surface area contributed by atoms with E-state index in [0.717, 1.165) is 47.0 Å². The number of imidazole rings is 1. The summed E-state index contributed by atoms with van der Waals surface area (Å²) < 4.78 is 7.66. The van der Waals surface area contributed by atoms with Gasteiger partial charge in [0.15, 0.2) is 5.82 Å². The maximum atomic E-state index is 12.2. The van der Waals surface area contributed by atoms with Gasteiger partial charge in [-0.1, -0.05) is 45.4 Å². The molecule has 0 radical (unpaired) electrons. The van der Waals surface area contributed by atoms with Crippen LogP contribution in [0, 0.1) is 5.41 Å². The van der Waals surface area contributed by atoms with Crippen LogP contribution in [0.2, 0.25) is 0 Å². The number of alkyl carbamates (subject to hydrolysis) is 1. The number of pyridine rings is 1. The third-order valence-corrected chi connectivity index (χ3v) is 5.14. The van der Waals surface area contributed by atoms with Crippen molar-refractivity contribution in [1.29, 1.82) is 0 Å². The molecular formula is C24H35N5O2. The predicted octanol–water partition coefficient (Wildman–Crippen LogP) is 5.06. The molecule has 0 spiro atoms. The zero-order valence-electron chi connectivity index (χ0n) is 19.6. The van der Waals surface area contributed by atoms with Crippen molar-refractivity contribution in [2.24, 2.45) is 5.41 Å². The molecule has 2 aromatic heterocycles. The van der Waals surface area contributed by atoms with Crippen molar-refractivity contribution in [2.75, 3.05) is 12.3 Å². The fourth-order valence-corrected chi connectivity index (χ4v) is 3.71. The quantitative estimate of drug-likeness (QED) is 0.552. The maximum Gasteiger partial charge on any atom is 0.407 e. The molecule has 0 fully saturated rings. The van der Waals surface area contributed by atoms with E-state index >= 15 is 0 Å². The Morgan fingerprint density at radius 1 is 1.16 bits per heavy atom. The highest BCUT2D eigenvalue weighted by Crippen LogP contribution is 2.31. The van der Waals surface area contributed by atoms with E-state index in [1.807, 2.05) is 39.0 Å². The van der Waals surface area contributed by atoms with E-state index in [4.69, 9.17) is 15.5 Å². The van der Waals surface area contributed by atoms with Crippen LogP contribution in [0.25, 0.3) is 21.9 Å². The van der Waals surface area contributed by atoms with Gasteiger partial charge >= 0.3 is 6.09 Å². The van der Waals surface area contributed by atoms with Crippen molar-refractivity contribution in [3.8, 4) is 0 Å². The highest BCUT2D eigenvalue weighted by molar-refractivity contribution is 6.06. The summed E-state index contributed by atoms with van der Waals surface area (Å²) >= 11 is 0. The van der Waals surface area contributed by atoms with Gasteiger partial charge in [-0.2, -0.15) is 0 Å². The van der Waals surface area contributed by atoms with E-state index in [1.165, 1.54) is 0 Å². The molecule has 0 aliphatic rings. The highest BCUT2D eigenvalue weighted by Gasteiger charge is 2.26. The lowest BCUT2D eigenvalue weighted by Crippen LogP contribution is -2.39. The molecule has 0 atom stereocenters. The molecule has 3 N–H and O–H groups in total. The van der Waals surface area contributed by atoms with Gasteiger partial charge in [0.05, 0.1) is 11.0 Å². The normalized spacial score (nSPS) is 12.5. The molecule has 7 heteroatoms. The minimum Gasteiger partial charge on any atom is -0.444 e. The van der Waals surface area contributed by atoms with E-state index in [9.17, 15) is 4.79 Å². The fourth-order valence-electron chi connectivity index (χ4n) is 3.71. The number of amides is 1. The largest absolute Gasteiger partial charge is 0.444 e. The number of nitrogens with one attached hydrogen (secondary N) is 1. The Bertz CT molecular complexity index is 1080. The Morgan fingerprint density at radius 3 is 2.55 bits per heavy atom. The maximum absolute atomic E-state index is 12.2. The number of nitrogens with zero attached hydrogens (tertiary/aromatic N) is 3. The number of hydrogen-bond acceptors (Lipinski definition) is 5. The first kappa shape index (κ1) is 22.8. The van der Waals surface area contributed by atoms with Gasteiger partial charge in [-0.15, -0.1) is 0 Å². The average molecular weight is 426 g/mol. The Kier molecular flexibility index (Phi) is 6.43. The van der Waals surface area contributed by atoms with Gasteiger partial charge in [-0.25, -0.2) is 14.8 Å². The fraction of sp³-hybridized carbons (Fsp3) is 0.542. The summed E-state index contributed by atoms with van der Waals surface area (Å²) in [6, 6.07) is 8.02. The Balaban J connectivity index is 1.98. The molecule has 168 valence electrons. The molecule has 3 rings (SSSR count). The Hall–Kier alpha value is -2.83. The predicted molar refractivity (Wildman–Crippen MR) is 126 cm³/mol. The van der Waals surface area contributed by atoms with Crippen LogP contribution in [-0.2, 0) is 17.7 Å². The second-order valence-corrected chi connectivity index (χ2v) is 9.95. The summed E-state index contributed by atoms with van der Waals surface area (Å²) in [5, 5.41) is 3.96. The van der Waals surface area contributed by atoms with Gasteiger partial charge in [0, 0.05) is 30.3 Å². The Labute approximate surface area is 184 Å². The molecule has 2 heterocycles. The van der Waals surface area contributed by atoms with E-state index in [1.54, 1.807) is 0 Å². The van der Waals surface area contributed by atoms with Crippen LogP contribution in [0.3, 0.4) is 0 Å². The van der Waals surface area contributed by atoms with Crippen LogP contribution in [0.4, 0.5) is 10.6 Å². The van der Waals surface area contributed by atoms with E-state index in [2.05, 4.69) is 41.7 Å². The topological polar surface area (TPSA) is 95.1 Å². The lowest BCUT2D eigenvalue weighted by molar-refractivity contribution is 0.0502. The zero-order valence-corrected chi connectivity index (χ0v) is 19.6. The number of para-hydroxylation sites is 1. The zero-order chi connectivity index (χ0) is 22.8. The number of nitrogen functional groups attached to an aromatic ring is 1. The summed E-state index contributed by atoms with van der Waals surface area (Å²) in [5.41, 5.74) is 8.17. The standard InChI is InChI=1S/C24H35N5O2/c1-7-8-13-18-28-19-20(16-11-9-10-12-17(16)27-21(19)25)29(18)15-24(5,6)14-26-22(30)31-23(2,3)4/h9-12H,7-8,13-15H2,1-6H3,(H2,25,27)(H,26,30). The van der Waals surface area contributed by atoms with Gasteiger partial charge < -0.3 is 20.4 Å². The van der Waals surface area contributed by atoms with Gasteiger partial charge in [0.25, 0.3) is 0 Å². The Morgan fingerprint density at radius 2 is 1.87 bits per heavy atom. The first-order valence-corrected chi connectivity index (χ1v) is 11.0. The molecule has 0 saturated carbocycles. The van der Waals surface area contributed by atoms with Crippen LogP contribution in [0.1, 0.15) is 60.2 Å². The number of anilines is 1. The van der Waals surface area contributed by atoms with Crippen molar-refractivity contribution >= 4 is 33.8 Å². The third kappa shape index (κ3) is 5.46. The average Bonchev–Trinajstić information content (AvgIpc) is 3.02. The number of fused-ring (bicyclic) bond motifs is 3. The second-order valence-electron chi connectivity index (χ2n) is 9.95. The molecule has 31 heavy (non-hydrogen) atoms. The first-order chi connectivity index (χ1) is 14.5. The summed E-state index contributed by atoms with van der Waals surface area (Å²) in [6.07, 6.45) is 2.60. The molecule has 1 amide bonds. The number of unbranched alkanes of at least 4 members (excludes halogenated alkanes) is 1. The number of nitrogens with two attached hydrogens (primary N) is 1. The van der Waals surface area contributed by atoms with Crippen LogP contribution >= 0.6 is 0 Å². The number of aromatic nitrogens is 3. The number of carbonyl (C=O) groups is 1. The van der Waals surface area contributed by atoms with Crippen molar-refractivity contribution < 1.29 is 9.53 Å². The monoisotopic (exact) mass is 425 g/mol. The van der Waals surface area contributed by atoms with Gasteiger partial charge in [-0.3, -0.25) is 0 Å². The number of aryl methyl sites for hydroxylation is 1. The summed E-state index contributed by atoms with van der Waals surface area (Å²) in [4.78, 5) is 21.6. The van der Waals surface area contributed by atoms with Crippen molar-refractivity contribution in [3.05, 3.63) is 30.1 Å². The second kappa shape index (κ2) is 8.73. The number of hydrogen-bond donors (Lipinski definition) is 2. The minimum atomic E-state index is -0.522. The van der Waals surface area contributed by atoms with Gasteiger partial charge in [0.1, 0.15) is 16.9 Å². The van der Waals surface area contributed by atoms with Crippen LogP contribution in [-0.4, -0.2) is 32.8 Å². The molecule has 1 aromatic carbocycles. The van der Waals surface area contributed by atoms with Crippen molar-refractivity contribution in [3.63, 3.8) is 0 Å². The van der Waals surface area contributed by atoms with Crippen molar-refractivity contribution in [2.45, 2.75) is 73.0 Å². The molecule has 0 unspecified atom stereocenters. The molecule has 3 aromatic rings. The number of ether oxygens (including phenoxy) is 1. The molecule has 0 aliphatic heterocycles. The number of rotatable bonds is 7. The SMILES string of the molecule is CCCCc1nc2c(N)nc3ccccc3c2n1CC(C)(C)CNC(=O)OC(C)(C)C. The van der Waals surface area contributed by atoms with Crippen LogP contribution in [0.15, 0.2) is 24.3 Å². The summed E-state index contributed by atoms with van der Waals surface area (Å²) in [5.74, 6) is 1.46. The van der Waals surface area contributed by atoms with Gasteiger partial charge in [0.2, 0.25) is 0 Å². The molecule has 0 bridgehead atoms. The first-order valence-electron chi connectivity index (χ1n) is 11.0. The smallest absolute Gasteiger partial charge is 0.407 e. The molecular weight excluding hydrogens is 390 g/mol. The van der Waals surface area contributed by atoms with Gasteiger partial charge in [-0.05, 0) is 33.3 Å². The highest BCUT2D eigenvalue weighted by atomic mass is 16.6. The molecule has 7 nitrogen and oxygen atoms in total. The molecule has 0 aliphatic carbocycles. The number of benzene rings is 1. The number of carbonyl (C=O) groups excluding carboxylic acids is 1. The summed E-state index contributed by atoms with van der Waals surface area (Å²) in [6.45, 7) is 13.2. The minimum absolute atomic E-state index is 0.232. The van der Waals surface area contributed by atoms with Crippen molar-refractivity contribution in [1.82, 2.24) is 19.9 Å². The van der Waals surface area contributed by atoms with E-state index in [0.29, 0.717) is 18.9 Å². The molecule has 0 saturated heterocycles. The lowest BCUT2D eigenvalue weighted by Gasteiger charge is -2.28. The third-order valence-electron chi connectivity index (χ3n) is 5.14. The van der Waals surface area contributed by atoms with E-state index < -0.39 is 11.7 Å². The van der Waals surface area contributed by atoms with E-state index in [-0.39, 0.29) is 5.41 Å².